The number of halogens is 1. The van der Waals surface area contributed by atoms with Crippen molar-refractivity contribution < 1.29 is 27.5 Å². The van der Waals surface area contributed by atoms with Crippen LogP contribution in [0.15, 0.2) is 60.0 Å². The molecule has 32 heavy (non-hydrogen) atoms. The fourth-order valence-corrected chi connectivity index (χ4v) is 5.10. The van der Waals surface area contributed by atoms with E-state index in [1.165, 1.54) is 22.5 Å². The fraction of sp³-hybridized carbons (Fsp3) is 0.190. The summed E-state index contributed by atoms with van der Waals surface area (Å²) in [5, 5.41) is 4.25. The van der Waals surface area contributed by atoms with Gasteiger partial charge in [-0.3, -0.25) is 14.4 Å². The summed E-state index contributed by atoms with van der Waals surface area (Å²) in [7, 11) is -4.04. The normalized spacial score (nSPS) is 12.6. The maximum atomic E-state index is 13.2. The summed E-state index contributed by atoms with van der Waals surface area (Å²) in [5.74, 6) is -1.79. The van der Waals surface area contributed by atoms with Gasteiger partial charge in [0, 0.05) is 13.1 Å². The first-order valence-electron chi connectivity index (χ1n) is 9.50. The Morgan fingerprint density at radius 2 is 1.94 bits per heavy atom. The predicted octanol–water partition coefficient (Wildman–Crippen LogP) is 2.26. The van der Waals surface area contributed by atoms with Crippen LogP contribution in [0.3, 0.4) is 0 Å². The predicted molar refractivity (Wildman–Crippen MR) is 118 cm³/mol. The number of sulfonamides is 1. The van der Waals surface area contributed by atoms with Gasteiger partial charge < -0.3 is 10.1 Å². The summed E-state index contributed by atoms with van der Waals surface area (Å²) in [6.07, 6.45) is 1.99. The zero-order valence-electron chi connectivity index (χ0n) is 16.8. The fourth-order valence-electron chi connectivity index (χ4n) is 3.09. The van der Waals surface area contributed by atoms with E-state index in [1.807, 2.05) is 17.4 Å². The Labute approximate surface area is 190 Å². The molecule has 2 aromatic carbocycles. The highest BCUT2D eigenvalue weighted by Crippen LogP contribution is 2.35. The van der Waals surface area contributed by atoms with Gasteiger partial charge in [-0.05, 0) is 36.2 Å². The molecule has 2 aromatic rings. The number of hydrogen-bond acceptors (Lipinski definition) is 6. The highest BCUT2D eigenvalue weighted by molar-refractivity contribution is 7.93. The summed E-state index contributed by atoms with van der Waals surface area (Å²) >= 11 is 6.14. The lowest BCUT2D eigenvalue weighted by molar-refractivity contribution is -0.123. The topological polar surface area (TPSA) is 122 Å². The lowest BCUT2D eigenvalue weighted by atomic mass is 10.2. The van der Waals surface area contributed by atoms with E-state index in [9.17, 15) is 22.8 Å². The van der Waals surface area contributed by atoms with Gasteiger partial charge in [-0.15, -0.1) is 6.58 Å². The van der Waals surface area contributed by atoms with Crippen molar-refractivity contribution in [2.24, 2.45) is 0 Å². The van der Waals surface area contributed by atoms with Crippen LogP contribution >= 0.6 is 11.6 Å². The van der Waals surface area contributed by atoms with Crippen molar-refractivity contribution in [1.82, 2.24) is 10.6 Å². The quantitative estimate of drug-likeness (QED) is 0.466. The molecule has 3 amide bonds. The summed E-state index contributed by atoms with van der Waals surface area (Å²) in [4.78, 5) is 35.2. The van der Waals surface area contributed by atoms with E-state index in [0.29, 0.717) is 12.1 Å². The number of amides is 3. The lowest BCUT2D eigenvalue weighted by Crippen LogP contribution is -2.41. The van der Waals surface area contributed by atoms with Gasteiger partial charge >= 0.3 is 12.0 Å². The zero-order valence-corrected chi connectivity index (χ0v) is 18.4. The highest BCUT2D eigenvalue weighted by Gasteiger charge is 2.32. The van der Waals surface area contributed by atoms with Gasteiger partial charge in [-0.25, -0.2) is 18.0 Å². The molecular weight excluding hydrogens is 458 g/mol. The number of hydrogen-bond donors (Lipinski definition) is 2. The van der Waals surface area contributed by atoms with Gasteiger partial charge in [-0.2, -0.15) is 0 Å². The first kappa shape index (κ1) is 23.3. The molecule has 1 aliphatic heterocycles. The smallest absolute Gasteiger partial charge is 0.338 e. The van der Waals surface area contributed by atoms with Crippen LogP contribution in [0.1, 0.15) is 15.9 Å². The van der Waals surface area contributed by atoms with Crippen molar-refractivity contribution in [2.75, 3.05) is 24.0 Å². The molecule has 0 spiro atoms. The summed E-state index contributed by atoms with van der Waals surface area (Å²) in [5.41, 5.74) is 1.35. The minimum Gasteiger partial charge on any atom is -0.452 e. The van der Waals surface area contributed by atoms with Crippen LogP contribution in [-0.4, -0.2) is 46.0 Å². The molecule has 9 nitrogen and oxygen atoms in total. The number of imide groups is 1. The number of anilines is 1. The second kappa shape index (κ2) is 9.84. The third-order valence-electron chi connectivity index (χ3n) is 4.57. The molecule has 0 bridgehead atoms. The van der Waals surface area contributed by atoms with E-state index in [-0.39, 0.29) is 28.6 Å². The number of nitrogens with zero attached hydrogens (tertiary/aromatic N) is 1. The first-order valence-corrected chi connectivity index (χ1v) is 11.3. The Kier molecular flexibility index (Phi) is 7.16. The molecule has 1 heterocycles. The third kappa shape index (κ3) is 5.09. The molecule has 1 aliphatic rings. The number of carbonyl (C=O) groups is 3. The second-order valence-corrected chi connectivity index (χ2v) is 8.96. The van der Waals surface area contributed by atoms with Crippen LogP contribution in [0.2, 0.25) is 5.02 Å². The minimum absolute atomic E-state index is 0.0532. The number of fused-ring (bicyclic) bond motifs is 1. The largest absolute Gasteiger partial charge is 0.452 e. The number of carbonyl (C=O) groups excluding carboxylic acids is 3. The van der Waals surface area contributed by atoms with Gasteiger partial charge in [0.1, 0.15) is 4.90 Å². The molecule has 11 heteroatoms. The van der Waals surface area contributed by atoms with E-state index in [0.717, 1.165) is 11.6 Å². The number of rotatable bonds is 7. The van der Waals surface area contributed by atoms with E-state index in [2.05, 4.69) is 11.9 Å². The van der Waals surface area contributed by atoms with Crippen molar-refractivity contribution in [3.05, 3.63) is 71.3 Å². The van der Waals surface area contributed by atoms with Crippen LogP contribution in [0.5, 0.6) is 0 Å². The number of urea groups is 1. The Bertz CT molecular complexity index is 1180. The van der Waals surface area contributed by atoms with E-state index >= 15 is 0 Å². The molecule has 0 aromatic heterocycles. The number of benzene rings is 2. The van der Waals surface area contributed by atoms with E-state index in [1.54, 1.807) is 12.1 Å². The number of ether oxygens (including phenoxy) is 1. The van der Waals surface area contributed by atoms with E-state index in [4.69, 9.17) is 16.3 Å². The molecule has 3 rings (SSSR count). The van der Waals surface area contributed by atoms with Crippen LogP contribution in [0, 0.1) is 0 Å². The van der Waals surface area contributed by atoms with Crippen molar-refractivity contribution in [2.45, 2.75) is 11.3 Å². The minimum atomic E-state index is -4.04. The van der Waals surface area contributed by atoms with Gasteiger partial charge in [0.2, 0.25) is 0 Å². The average Bonchev–Trinajstić information content (AvgIpc) is 3.21. The number of esters is 1. The SMILES string of the molecule is C=CCNC(=O)NC(=O)COC(=O)c1ccc(Cl)c(S(=O)(=O)N2CCc3ccccc32)c1. The van der Waals surface area contributed by atoms with Crippen molar-refractivity contribution in [3.63, 3.8) is 0 Å². The maximum absolute atomic E-state index is 13.2. The third-order valence-corrected chi connectivity index (χ3v) is 6.87. The molecule has 168 valence electrons. The van der Waals surface area contributed by atoms with Gasteiger partial charge in [0.25, 0.3) is 15.9 Å². The second-order valence-electron chi connectivity index (χ2n) is 6.72. The molecular formula is C21H20ClN3O6S. The average molecular weight is 478 g/mol. The molecule has 0 saturated heterocycles. The van der Waals surface area contributed by atoms with Crippen molar-refractivity contribution in [3.8, 4) is 0 Å². The lowest BCUT2D eigenvalue weighted by Gasteiger charge is -2.20. The standard InChI is InChI=1S/C21H20ClN3O6S/c1-2-10-23-21(28)24-19(26)13-31-20(27)15-7-8-16(22)18(12-15)32(29,30)25-11-9-14-5-3-4-6-17(14)25/h2-8,12H,1,9-11,13H2,(H2,23,24,26,28). The number of para-hydroxylation sites is 1. The summed E-state index contributed by atoms with van der Waals surface area (Å²) in [6, 6.07) is 10.0. The molecule has 0 fully saturated rings. The van der Waals surface area contributed by atoms with Gasteiger partial charge in [0.05, 0.1) is 16.3 Å². The van der Waals surface area contributed by atoms with Crippen LogP contribution in [0.25, 0.3) is 0 Å². The Morgan fingerprint density at radius 3 is 2.69 bits per heavy atom. The molecule has 0 radical (unpaired) electrons. The van der Waals surface area contributed by atoms with Crippen LogP contribution in [-0.2, 0) is 26.0 Å². The monoisotopic (exact) mass is 477 g/mol. The molecule has 2 N–H and O–H groups in total. The van der Waals surface area contributed by atoms with Crippen LogP contribution in [0.4, 0.5) is 10.5 Å². The van der Waals surface area contributed by atoms with E-state index < -0.39 is 34.5 Å². The molecule has 0 saturated carbocycles. The highest BCUT2D eigenvalue weighted by atomic mass is 35.5. The van der Waals surface area contributed by atoms with Crippen molar-refractivity contribution in [1.29, 1.82) is 0 Å². The maximum Gasteiger partial charge on any atom is 0.338 e. The summed E-state index contributed by atoms with van der Waals surface area (Å²) in [6.45, 7) is 3.09. The molecule has 0 unspecified atom stereocenters. The summed E-state index contributed by atoms with van der Waals surface area (Å²) < 4.78 is 32.6. The van der Waals surface area contributed by atoms with Gasteiger partial charge in [0.15, 0.2) is 6.61 Å². The number of nitrogens with one attached hydrogen (secondary N) is 2. The zero-order chi connectivity index (χ0) is 23.3. The Balaban J connectivity index is 1.73. The molecule has 0 aliphatic carbocycles. The van der Waals surface area contributed by atoms with Crippen LogP contribution < -0.4 is 14.9 Å². The first-order chi connectivity index (χ1) is 15.2. The molecule has 0 atom stereocenters. The van der Waals surface area contributed by atoms with Gasteiger partial charge in [-0.1, -0.05) is 35.9 Å². The Morgan fingerprint density at radius 1 is 1.19 bits per heavy atom. The Hall–Kier alpha value is -3.37. The van der Waals surface area contributed by atoms with Crippen molar-refractivity contribution >= 4 is 45.2 Å².